The first kappa shape index (κ1) is 12.1. The molecule has 0 aliphatic carbocycles. The largest absolute Gasteiger partial charge is 0.207 e. The Bertz CT molecular complexity index is 515. The minimum atomic E-state index is -0.232. The van der Waals surface area contributed by atoms with Crippen LogP contribution in [0.15, 0.2) is 42.5 Å². The van der Waals surface area contributed by atoms with E-state index in [1.807, 2.05) is 18.2 Å². The second-order valence-electron chi connectivity index (χ2n) is 4.37. The van der Waals surface area contributed by atoms with Crippen LogP contribution in [0.1, 0.15) is 25.3 Å². The SMILES string of the molecule is CC(C)c1cccc(-c2ccc(F)cc2)c1Cl. The quantitative estimate of drug-likeness (QED) is 0.679. The molecule has 0 fully saturated rings. The molecule has 2 heteroatoms. The third-order valence-electron chi connectivity index (χ3n) is 2.81. The van der Waals surface area contributed by atoms with Crippen LogP contribution in [0.3, 0.4) is 0 Å². The van der Waals surface area contributed by atoms with Gasteiger partial charge in [-0.15, -0.1) is 0 Å². The molecule has 2 aromatic carbocycles. The fourth-order valence-electron chi connectivity index (χ4n) is 1.85. The number of hydrogen-bond donors (Lipinski definition) is 0. The molecule has 0 amide bonds. The molecule has 0 aromatic heterocycles. The Morgan fingerprint density at radius 3 is 2.24 bits per heavy atom. The van der Waals surface area contributed by atoms with Gasteiger partial charge in [0.15, 0.2) is 0 Å². The van der Waals surface area contributed by atoms with Crippen LogP contribution < -0.4 is 0 Å². The van der Waals surface area contributed by atoms with E-state index in [1.165, 1.54) is 12.1 Å². The predicted molar refractivity (Wildman–Crippen MR) is 70.9 cm³/mol. The highest BCUT2D eigenvalue weighted by molar-refractivity contribution is 6.34. The van der Waals surface area contributed by atoms with Gasteiger partial charge in [0.2, 0.25) is 0 Å². The molecule has 0 saturated carbocycles. The Labute approximate surface area is 106 Å². The zero-order valence-corrected chi connectivity index (χ0v) is 10.6. The fourth-order valence-corrected chi connectivity index (χ4v) is 2.30. The monoisotopic (exact) mass is 248 g/mol. The highest BCUT2D eigenvalue weighted by atomic mass is 35.5. The van der Waals surface area contributed by atoms with Crippen molar-refractivity contribution in [2.24, 2.45) is 0 Å². The lowest BCUT2D eigenvalue weighted by atomic mass is 9.97. The second kappa shape index (κ2) is 4.89. The third kappa shape index (κ3) is 2.50. The summed E-state index contributed by atoms with van der Waals surface area (Å²) in [6.07, 6.45) is 0. The summed E-state index contributed by atoms with van der Waals surface area (Å²) in [5, 5.41) is 0.758. The summed E-state index contributed by atoms with van der Waals surface area (Å²) >= 11 is 6.38. The van der Waals surface area contributed by atoms with Crippen molar-refractivity contribution in [1.82, 2.24) is 0 Å². The van der Waals surface area contributed by atoms with Crippen molar-refractivity contribution in [1.29, 1.82) is 0 Å². The fraction of sp³-hybridized carbons (Fsp3) is 0.200. The van der Waals surface area contributed by atoms with Crippen molar-refractivity contribution in [2.75, 3.05) is 0 Å². The summed E-state index contributed by atoms with van der Waals surface area (Å²) in [6, 6.07) is 12.4. The molecule has 0 aliphatic heterocycles. The van der Waals surface area contributed by atoms with Crippen molar-refractivity contribution >= 4 is 11.6 Å². The molecule has 0 atom stereocenters. The molecule has 0 saturated heterocycles. The van der Waals surface area contributed by atoms with Crippen LogP contribution in [0.2, 0.25) is 5.02 Å². The van der Waals surface area contributed by atoms with Crippen LogP contribution in [0.5, 0.6) is 0 Å². The topological polar surface area (TPSA) is 0 Å². The summed E-state index contributed by atoms with van der Waals surface area (Å²) in [6.45, 7) is 4.21. The Hall–Kier alpha value is -1.34. The maximum Gasteiger partial charge on any atom is 0.123 e. The molecular formula is C15H14ClF. The zero-order chi connectivity index (χ0) is 12.4. The molecule has 88 valence electrons. The minimum Gasteiger partial charge on any atom is -0.207 e. The van der Waals surface area contributed by atoms with Gasteiger partial charge in [-0.2, -0.15) is 0 Å². The lowest BCUT2D eigenvalue weighted by Crippen LogP contribution is -1.91. The van der Waals surface area contributed by atoms with Gasteiger partial charge < -0.3 is 0 Å². The van der Waals surface area contributed by atoms with Crippen molar-refractivity contribution in [3.63, 3.8) is 0 Å². The summed E-state index contributed by atoms with van der Waals surface area (Å²) < 4.78 is 12.9. The molecule has 0 unspecified atom stereocenters. The van der Waals surface area contributed by atoms with Crippen molar-refractivity contribution in [2.45, 2.75) is 19.8 Å². The molecule has 0 heterocycles. The standard InChI is InChI=1S/C15H14ClF/c1-10(2)13-4-3-5-14(15(13)16)11-6-8-12(17)9-7-11/h3-10H,1-2H3. The lowest BCUT2D eigenvalue weighted by Gasteiger charge is -2.12. The van der Waals surface area contributed by atoms with Crippen molar-refractivity contribution in [3.8, 4) is 11.1 Å². The molecule has 0 N–H and O–H groups in total. The van der Waals surface area contributed by atoms with E-state index in [2.05, 4.69) is 13.8 Å². The molecule has 2 aromatic rings. The van der Waals surface area contributed by atoms with Gasteiger partial charge in [-0.1, -0.05) is 55.8 Å². The van der Waals surface area contributed by atoms with Gasteiger partial charge in [0.1, 0.15) is 5.82 Å². The number of rotatable bonds is 2. The molecule has 0 radical (unpaired) electrons. The smallest absolute Gasteiger partial charge is 0.123 e. The molecule has 0 nitrogen and oxygen atoms in total. The lowest BCUT2D eigenvalue weighted by molar-refractivity contribution is 0.628. The van der Waals surface area contributed by atoms with E-state index in [1.54, 1.807) is 12.1 Å². The van der Waals surface area contributed by atoms with Gasteiger partial charge in [0.25, 0.3) is 0 Å². The molecular weight excluding hydrogens is 235 g/mol. The van der Waals surface area contributed by atoms with Crippen LogP contribution in [-0.4, -0.2) is 0 Å². The second-order valence-corrected chi connectivity index (χ2v) is 4.75. The third-order valence-corrected chi connectivity index (χ3v) is 3.23. The van der Waals surface area contributed by atoms with E-state index >= 15 is 0 Å². The Morgan fingerprint density at radius 1 is 1.00 bits per heavy atom. The average molecular weight is 249 g/mol. The van der Waals surface area contributed by atoms with Gasteiger partial charge >= 0.3 is 0 Å². The van der Waals surface area contributed by atoms with Gasteiger partial charge in [-0.25, -0.2) is 4.39 Å². The van der Waals surface area contributed by atoms with Gasteiger partial charge in [0.05, 0.1) is 5.02 Å². The van der Waals surface area contributed by atoms with Crippen molar-refractivity contribution < 1.29 is 4.39 Å². The summed E-state index contributed by atoms with van der Waals surface area (Å²) in [4.78, 5) is 0. The number of halogens is 2. The van der Waals surface area contributed by atoms with E-state index in [9.17, 15) is 4.39 Å². The Kier molecular flexibility index (Phi) is 3.49. The minimum absolute atomic E-state index is 0.232. The Balaban J connectivity index is 2.52. The van der Waals surface area contributed by atoms with Crippen LogP contribution in [0.25, 0.3) is 11.1 Å². The highest BCUT2D eigenvalue weighted by Gasteiger charge is 2.10. The molecule has 0 aliphatic rings. The molecule has 0 spiro atoms. The van der Waals surface area contributed by atoms with E-state index in [4.69, 9.17) is 11.6 Å². The van der Waals surface area contributed by atoms with Gasteiger partial charge in [-0.3, -0.25) is 0 Å². The van der Waals surface area contributed by atoms with Gasteiger partial charge in [-0.05, 0) is 29.2 Å². The molecule has 0 bridgehead atoms. The number of hydrogen-bond acceptors (Lipinski definition) is 0. The normalized spacial score (nSPS) is 10.9. The van der Waals surface area contributed by atoms with Crippen molar-refractivity contribution in [3.05, 3.63) is 58.9 Å². The van der Waals surface area contributed by atoms with Crippen LogP contribution in [0.4, 0.5) is 4.39 Å². The maximum absolute atomic E-state index is 12.9. The predicted octanol–water partition coefficient (Wildman–Crippen LogP) is 5.27. The first-order valence-electron chi connectivity index (χ1n) is 5.64. The maximum atomic E-state index is 12.9. The molecule has 17 heavy (non-hydrogen) atoms. The van der Waals surface area contributed by atoms with Crippen LogP contribution in [0, 0.1) is 5.82 Å². The zero-order valence-electron chi connectivity index (χ0n) is 9.87. The highest BCUT2D eigenvalue weighted by Crippen LogP contribution is 2.34. The van der Waals surface area contributed by atoms with Gasteiger partial charge in [0, 0.05) is 5.56 Å². The van der Waals surface area contributed by atoms with Crippen LogP contribution in [-0.2, 0) is 0 Å². The molecule has 2 rings (SSSR count). The first-order valence-corrected chi connectivity index (χ1v) is 6.01. The first-order chi connectivity index (χ1) is 8.09. The average Bonchev–Trinajstić information content (AvgIpc) is 2.30. The van der Waals surface area contributed by atoms with E-state index in [0.717, 1.165) is 21.7 Å². The van der Waals surface area contributed by atoms with E-state index in [-0.39, 0.29) is 5.82 Å². The van der Waals surface area contributed by atoms with Crippen LogP contribution >= 0.6 is 11.6 Å². The summed E-state index contributed by atoms with van der Waals surface area (Å²) in [5.74, 6) is 0.146. The summed E-state index contributed by atoms with van der Waals surface area (Å²) in [7, 11) is 0. The van der Waals surface area contributed by atoms with E-state index < -0.39 is 0 Å². The van der Waals surface area contributed by atoms with E-state index in [0.29, 0.717) is 5.92 Å². The number of benzene rings is 2. The summed E-state index contributed by atoms with van der Waals surface area (Å²) in [5.41, 5.74) is 3.02. The Morgan fingerprint density at radius 2 is 1.65 bits per heavy atom.